The Bertz CT molecular complexity index is 472. The summed E-state index contributed by atoms with van der Waals surface area (Å²) in [5.41, 5.74) is 5.54. The van der Waals surface area contributed by atoms with Crippen LogP contribution in [0, 0.1) is 16.0 Å². The molecule has 104 valence electrons. The second-order valence-corrected chi connectivity index (χ2v) is 4.82. The molecule has 0 aliphatic carbocycles. The van der Waals surface area contributed by atoms with Gasteiger partial charge in [0.15, 0.2) is 0 Å². The van der Waals surface area contributed by atoms with E-state index in [2.05, 4.69) is 19.2 Å². The number of nitro groups is 1. The van der Waals surface area contributed by atoms with Gasteiger partial charge in [0.1, 0.15) is 5.69 Å². The summed E-state index contributed by atoms with van der Waals surface area (Å²) in [6.07, 6.45) is 1.99. The van der Waals surface area contributed by atoms with Crippen LogP contribution in [0.2, 0.25) is 0 Å². The Labute approximate surface area is 112 Å². The molecule has 6 heteroatoms. The number of amides is 1. The zero-order valence-electron chi connectivity index (χ0n) is 11.2. The highest BCUT2D eigenvalue weighted by atomic mass is 16.6. The van der Waals surface area contributed by atoms with Gasteiger partial charge in [-0.25, -0.2) is 0 Å². The van der Waals surface area contributed by atoms with Gasteiger partial charge in [0.2, 0.25) is 5.91 Å². The predicted molar refractivity (Wildman–Crippen MR) is 74.2 cm³/mol. The standard InChI is InChI=1S/C13H19N3O3/c1-9(2)4-3-7-15-11-6-5-10(13(14)17)8-12(11)16(18)19/h5-6,8-9,15H,3-4,7H2,1-2H3,(H2,14,17). The second-order valence-electron chi connectivity index (χ2n) is 4.82. The maximum atomic E-state index is 11.0. The molecule has 0 fully saturated rings. The summed E-state index contributed by atoms with van der Waals surface area (Å²) in [5.74, 6) is -0.0662. The lowest BCUT2D eigenvalue weighted by Gasteiger charge is -2.09. The average molecular weight is 265 g/mol. The fraction of sp³-hybridized carbons (Fsp3) is 0.462. The molecule has 0 radical (unpaired) electrons. The van der Waals surface area contributed by atoms with Crippen LogP contribution in [0.5, 0.6) is 0 Å². The maximum Gasteiger partial charge on any atom is 0.293 e. The first kappa shape index (κ1) is 14.9. The number of nitro benzene ring substituents is 1. The van der Waals surface area contributed by atoms with Crippen LogP contribution in [0.1, 0.15) is 37.0 Å². The highest BCUT2D eigenvalue weighted by molar-refractivity contribution is 5.94. The number of anilines is 1. The minimum atomic E-state index is -0.672. The molecule has 1 amide bonds. The van der Waals surface area contributed by atoms with Crippen molar-refractivity contribution in [1.82, 2.24) is 0 Å². The molecule has 3 N–H and O–H groups in total. The number of primary amides is 1. The highest BCUT2D eigenvalue weighted by Crippen LogP contribution is 2.25. The third-order valence-corrected chi connectivity index (χ3v) is 2.75. The van der Waals surface area contributed by atoms with Gasteiger partial charge < -0.3 is 11.1 Å². The molecule has 1 aromatic carbocycles. The molecule has 0 saturated heterocycles. The topological polar surface area (TPSA) is 98.3 Å². The molecule has 1 rings (SSSR count). The molecular formula is C13H19N3O3. The van der Waals surface area contributed by atoms with Gasteiger partial charge in [-0.2, -0.15) is 0 Å². The number of rotatable bonds is 7. The minimum absolute atomic E-state index is 0.124. The molecule has 0 bridgehead atoms. The van der Waals surface area contributed by atoms with E-state index in [0.717, 1.165) is 12.8 Å². The molecule has 0 spiro atoms. The largest absolute Gasteiger partial charge is 0.379 e. The number of carbonyl (C=O) groups is 1. The number of benzene rings is 1. The quantitative estimate of drug-likeness (QED) is 0.449. The van der Waals surface area contributed by atoms with E-state index in [1.54, 1.807) is 0 Å². The first-order valence-electron chi connectivity index (χ1n) is 6.24. The van der Waals surface area contributed by atoms with Crippen molar-refractivity contribution in [2.45, 2.75) is 26.7 Å². The van der Waals surface area contributed by atoms with Crippen molar-refractivity contribution in [2.24, 2.45) is 11.7 Å². The van der Waals surface area contributed by atoms with Crippen LogP contribution in [-0.4, -0.2) is 17.4 Å². The Morgan fingerprint density at radius 2 is 2.16 bits per heavy atom. The van der Waals surface area contributed by atoms with Crippen molar-refractivity contribution in [3.63, 3.8) is 0 Å². The molecule has 0 aliphatic heterocycles. The first-order chi connectivity index (χ1) is 8.91. The molecule has 19 heavy (non-hydrogen) atoms. The Kier molecular flexibility index (Phi) is 5.29. The highest BCUT2D eigenvalue weighted by Gasteiger charge is 2.16. The van der Waals surface area contributed by atoms with Crippen molar-refractivity contribution in [2.75, 3.05) is 11.9 Å². The molecule has 1 aromatic rings. The summed E-state index contributed by atoms with van der Waals surface area (Å²) in [7, 11) is 0. The van der Waals surface area contributed by atoms with Gasteiger partial charge in [0, 0.05) is 18.2 Å². The van der Waals surface area contributed by atoms with Crippen molar-refractivity contribution < 1.29 is 9.72 Å². The van der Waals surface area contributed by atoms with Crippen molar-refractivity contribution in [3.05, 3.63) is 33.9 Å². The van der Waals surface area contributed by atoms with Gasteiger partial charge in [-0.3, -0.25) is 14.9 Å². The first-order valence-corrected chi connectivity index (χ1v) is 6.24. The number of nitrogens with two attached hydrogens (primary N) is 1. The van der Waals surface area contributed by atoms with Gasteiger partial charge in [-0.1, -0.05) is 13.8 Å². The van der Waals surface area contributed by atoms with E-state index >= 15 is 0 Å². The lowest BCUT2D eigenvalue weighted by atomic mass is 10.1. The Balaban J connectivity index is 2.77. The summed E-state index contributed by atoms with van der Waals surface area (Å²) in [4.78, 5) is 21.4. The van der Waals surface area contributed by atoms with E-state index in [4.69, 9.17) is 5.73 Å². The predicted octanol–water partition coefficient (Wildman–Crippen LogP) is 2.54. The van der Waals surface area contributed by atoms with Gasteiger partial charge in [0.05, 0.1) is 4.92 Å². The molecular weight excluding hydrogens is 246 g/mol. The van der Waals surface area contributed by atoms with Crippen molar-refractivity contribution in [3.8, 4) is 0 Å². The molecule has 0 atom stereocenters. The fourth-order valence-corrected chi connectivity index (χ4v) is 1.72. The van der Waals surface area contributed by atoms with Crippen LogP contribution in [0.3, 0.4) is 0 Å². The number of nitrogens with zero attached hydrogens (tertiary/aromatic N) is 1. The third-order valence-electron chi connectivity index (χ3n) is 2.75. The number of hydrogen-bond donors (Lipinski definition) is 2. The zero-order chi connectivity index (χ0) is 14.4. The van der Waals surface area contributed by atoms with E-state index < -0.39 is 10.8 Å². The van der Waals surface area contributed by atoms with Crippen LogP contribution < -0.4 is 11.1 Å². The molecule has 0 unspecified atom stereocenters. The molecule has 0 aliphatic rings. The van der Waals surface area contributed by atoms with Crippen LogP contribution in [0.25, 0.3) is 0 Å². The number of hydrogen-bond acceptors (Lipinski definition) is 4. The lowest BCUT2D eigenvalue weighted by Crippen LogP contribution is -2.12. The monoisotopic (exact) mass is 265 g/mol. The Morgan fingerprint density at radius 1 is 1.47 bits per heavy atom. The van der Waals surface area contributed by atoms with E-state index in [-0.39, 0.29) is 11.3 Å². The fourth-order valence-electron chi connectivity index (χ4n) is 1.72. The van der Waals surface area contributed by atoms with Gasteiger partial charge in [-0.05, 0) is 30.9 Å². The summed E-state index contributed by atoms with van der Waals surface area (Å²) in [6.45, 7) is 4.92. The van der Waals surface area contributed by atoms with Crippen LogP contribution in [-0.2, 0) is 0 Å². The minimum Gasteiger partial charge on any atom is -0.379 e. The SMILES string of the molecule is CC(C)CCCNc1ccc(C(N)=O)cc1[N+](=O)[O-]. The summed E-state index contributed by atoms with van der Waals surface area (Å²) in [6, 6.07) is 4.21. The molecule has 0 saturated carbocycles. The van der Waals surface area contributed by atoms with E-state index in [1.807, 2.05) is 0 Å². The third kappa shape index (κ3) is 4.57. The second kappa shape index (κ2) is 6.72. The van der Waals surface area contributed by atoms with Crippen LogP contribution in [0.15, 0.2) is 18.2 Å². The summed E-state index contributed by atoms with van der Waals surface area (Å²) in [5, 5.41) is 14.0. The van der Waals surface area contributed by atoms with Crippen molar-refractivity contribution >= 4 is 17.3 Å². The van der Waals surface area contributed by atoms with Crippen LogP contribution >= 0.6 is 0 Å². The Hall–Kier alpha value is -2.11. The molecule has 0 heterocycles. The van der Waals surface area contributed by atoms with Gasteiger partial charge in [0.25, 0.3) is 5.69 Å². The number of nitrogens with one attached hydrogen (secondary N) is 1. The van der Waals surface area contributed by atoms with E-state index in [9.17, 15) is 14.9 Å². The summed E-state index contributed by atoms with van der Waals surface area (Å²) < 4.78 is 0. The molecule has 0 aromatic heterocycles. The van der Waals surface area contributed by atoms with Gasteiger partial charge >= 0.3 is 0 Å². The van der Waals surface area contributed by atoms with Crippen LogP contribution in [0.4, 0.5) is 11.4 Å². The maximum absolute atomic E-state index is 11.0. The van der Waals surface area contributed by atoms with E-state index in [1.165, 1.54) is 18.2 Å². The molecule has 6 nitrogen and oxygen atoms in total. The Morgan fingerprint density at radius 3 is 2.68 bits per heavy atom. The summed E-state index contributed by atoms with van der Waals surface area (Å²) >= 11 is 0. The zero-order valence-corrected chi connectivity index (χ0v) is 11.2. The smallest absolute Gasteiger partial charge is 0.293 e. The van der Waals surface area contributed by atoms with Gasteiger partial charge in [-0.15, -0.1) is 0 Å². The lowest BCUT2D eigenvalue weighted by molar-refractivity contribution is -0.384. The normalized spacial score (nSPS) is 10.5. The average Bonchev–Trinajstić information content (AvgIpc) is 2.34. The number of carbonyl (C=O) groups excluding carboxylic acids is 1. The van der Waals surface area contributed by atoms with Crippen molar-refractivity contribution in [1.29, 1.82) is 0 Å². The van der Waals surface area contributed by atoms with E-state index in [0.29, 0.717) is 18.2 Å².